The minimum atomic E-state index is -0.500. The Bertz CT molecular complexity index is 8540. The summed E-state index contributed by atoms with van der Waals surface area (Å²) in [5.74, 6) is 2.10. The number of oxazole rings is 4. The molecule has 14 aromatic heterocycles. The van der Waals surface area contributed by atoms with Crippen molar-refractivity contribution in [1.29, 1.82) is 0 Å². The zero-order chi connectivity index (χ0) is 96.8. The van der Waals surface area contributed by atoms with E-state index in [4.69, 9.17) is 32.4 Å². The predicted molar refractivity (Wildman–Crippen MR) is 542 cm³/mol. The van der Waals surface area contributed by atoms with Gasteiger partial charge in [0.1, 0.15) is 50.3 Å². The molecule has 141 heavy (non-hydrogen) atoms. The van der Waals surface area contributed by atoms with Crippen molar-refractivity contribution in [2.24, 2.45) is 5.92 Å². The number of likely N-dealkylation sites (N-methyl/N-ethyl adjacent to an activating group) is 2. The van der Waals surface area contributed by atoms with Gasteiger partial charge in [-0.05, 0) is 226 Å². The number of benzene rings is 5. The molecule has 0 amide bonds. The number of piperidine rings is 1. The van der Waals surface area contributed by atoms with Crippen LogP contribution in [-0.2, 0) is 0 Å². The zero-order valence-electron chi connectivity index (χ0n) is 78.8. The van der Waals surface area contributed by atoms with Crippen molar-refractivity contribution in [3.05, 3.63) is 329 Å². The van der Waals surface area contributed by atoms with E-state index in [0.717, 1.165) is 172 Å². The number of rotatable bonds is 12. The maximum Gasteiger partial charge on any atom is 0.258 e. The number of hydrogen-bond acceptors (Lipinski definition) is 26. The van der Waals surface area contributed by atoms with E-state index in [1.165, 1.54) is 71.4 Å². The summed E-state index contributed by atoms with van der Waals surface area (Å²) in [7, 11) is 3.53. The number of aromatic nitrogens is 14. The third kappa shape index (κ3) is 19.5. The lowest BCUT2D eigenvalue weighted by Crippen LogP contribution is -2.43. The highest BCUT2D eigenvalue weighted by Gasteiger charge is 2.35. The molecule has 31 nitrogen and oxygen atoms in total. The molecule has 20 heterocycles. The van der Waals surface area contributed by atoms with Gasteiger partial charge in [0, 0.05) is 195 Å². The van der Waals surface area contributed by atoms with Crippen LogP contribution in [0.1, 0.15) is 79.3 Å². The fourth-order valence-corrected chi connectivity index (χ4v) is 19.2. The highest BCUT2D eigenvalue weighted by molar-refractivity contribution is 5.84. The van der Waals surface area contributed by atoms with Crippen molar-refractivity contribution >= 4 is 101 Å². The van der Waals surface area contributed by atoms with E-state index < -0.39 is 11.6 Å². The van der Waals surface area contributed by atoms with E-state index in [-0.39, 0.29) is 39.1 Å². The van der Waals surface area contributed by atoms with Gasteiger partial charge in [-0.25, -0.2) is 53.6 Å². The van der Waals surface area contributed by atoms with Crippen LogP contribution in [-0.4, -0.2) is 188 Å². The van der Waals surface area contributed by atoms with Crippen LogP contribution in [0.4, 0.5) is 20.2 Å². The number of nitrogens with zero attached hydrogens (tertiary/aromatic N) is 18. The topological polar surface area (TPSA) is 334 Å². The third-order valence-corrected chi connectivity index (χ3v) is 26.7. The molecular weight excluding hydrogens is 1790 g/mol. The lowest BCUT2D eigenvalue weighted by Gasteiger charge is -2.29. The first-order valence-electron chi connectivity index (χ1n) is 47.4. The van der Waals surface area contributed by atoms with Crippen LogP contribution in [0, 0.1) is 45.2 Å². The van der Waals surface area contributed by atoms with Crippen molar-refractivity contribution in [3.8, 4) is 62.0 Å². The molecule has 0 aliphatic carbocycles. The number of anilines is 2. The van der Waals surface area contributed by atoms with Crippen LogP contribution < -0.4 is 58.3 Å². The molecule has 6 aliphatic rings. The first-order valence-corrected chi connectivity index (χ1v) is 47.4. The highest BCUT2D eigenvalue weighted by Crippen LogP contribution is 2.35. The monoisotopic (exact) mass is 1890 g/mol. The van der Waals surface area contributed by atoms with E-state index in [1.54, 1.807) is 54.9 Å². The molecule has 3 saturated heterocycles. The molecule has 3 N–H and O–H groups in total. The smallest absolute Gasteiger partial charge is 0.258 e. The van der Waals surface area contributed by atoms with Crippen LogP contribution >= 0.6 is 0 Å². The SMILES string of the molecule is CCN1CC=C(c2ccc3nc(-c4ccc5nc(C)oc5c4)cc(=O)n3c2)CC1.COc1ccc(-c2cc(=O)n3cc(N4C[C@H]5CCCN[C@H]5C4)ccc3n2)cc1F.Cc1nc2c(F)cc(-c3cc(=O)n4cc(N5CCNCC5)ccc4n3)cc2o1.Cc1nc2ccc(-c3cc(=O)n4cc(C5=CCN(C)CC5)ccc4n3)cc2o1.Cc1nc2ccc(-c3cc(=O)n4cc(C5=CCNCC5)ccc4n3)cc2o1. The Morgan fingerprint density at radius 1 is 0.390 bits per heavy atom. The number of aryl methyl sites for hydroxylation is 4. The van der Waals surface area contributed by atoms with E-state index in [1.807, 2.05) is 161 Å². The molecule has 6 aliphatic heterocycles. The molecule has 25 rings (SSSR count). The normalized spacial score (nSPS) is 16.3. The molecule has 19 aromatic rings. The zero-order valence-corrected chi connectivity index (χ0v) is 78.8. The molecule has 712 valence electrons. The van der Waals surface area contributed by atoms with Crippen molar-refractivity contribution in [1.82, 2.24) is 92.6 Å². The van der Waals surface area contributed by atoms with Gasteiger partial charge in [-0.3, -0.25) is 50.9 Å². The molecule has 0 radical (unpaired) electrons. The maximum absolute atomic E-state index is 14.4. The summed E-state index contributed by atoms with van der Waals surface area (Å²) in [4.78, 5) is 113. The molecule has 0 saturated carbocycles. The number of fused-ring (bicyclic) bond motifs is 10. The number of ether oxygens (including phenoxy) is 1. The Hall–Kier alpha value is -15.9. The summed E-state index contributed by atoms with van der Waals surface area (Å²) >= 11 is 0. The Kier molecular flexibility index (Phi) is 25.4. The van der Waals surface area contributed by atoms with Crippen molar-refractivity contribution in [2.45, 2.75) is 72.8 Å². The van der Waals surface area contributed by atoms with Crippen molar-refractivity contribution < 1.29 is 31.2 Å². The second-order valence-electron chi connectivity index (χ2n) is 36.1. The first-order chi connectivity index (χ1) is 68.5. The van der Waals surface area contributed by atoms with Gasteiger partial charge in [0.25, 0.3) is 27.8 Å². The standard InChI is InChI=1S/C23H22N4O2.C22H23FN4O2.C22H20N4O2.C21H18N4O2.C20H18FN5O2/c1-3-26-10-8-16(9-11-26)18-5-7-22-25-20(13-23(28)27(22)14-18)17-4-6-19-21(12-17)29-15(2)24-19;1-29-20-6-4-14(9-17(20)23)18-10-22(28)27-12-16(5-7-21(27)25-18)26-11-15-3-2-8-24-19(15)13-26;1-14-23-18-5-3-16(11-20(18)28-14)19-12-22(27)26-13-17(4-6-21(26)24-19)15-7-9-25(2)10-8-15;1-13-23-17-4-2-15(10-19(17)27-13)18-11-21(26)25-12-16(3-5-20(25)24-18)14-6-8-22-9-7-14;1-12-23-20-15(21)8-13(9-17(20)28-12)16-10-19(27)26-11-14(2-3-18(26)24-16)25-6-4-22-5-7-25/h4-8,12-14H,3,9-11H2,1-2H3;4-7,9-10,12,15,19,24H,2-3,8,11,13H2,1H3;3-7,11-13H,8-10H2,1-2H3;2-6,10-12,22H,7-9H2,1H3;2-3,8-11,22H,4-7H2,1H3/t;15-,19+;;;/m.1.../s1. The van der Waals surface area contributed by atoms with Crippen LogP contribution in [0.15, 0.2) is 267 Å². The Balaban J connectivity index is 0.000000104. The van der Waals surface area contributed by atoms with Crippen molar-refractivity contribution in [2.75, 3.05) is 116 Å². The summed E-state index contributed by atoms with van der Waals surface area (Å²) in [5.41, 5.74) is 22.6. The van der Waals surface area contributed by atoms with E-state index in [2.05, 4.69) is 109 Å². The summed E-state index contributed by atoms with van der Waals surface area (Å²) in [6.45, 7) is 22.8. The molecule has 33 heteroatoms. The van der Waals surface area contributed by atoms with E-state index in [9.17, 15) is 32.8 Å². The third-order valence-electron chi connectivity index (χ3n) is 26.7. The number of pyridine rings is 5. The summed E-state index contributed by atoms with van der Waals surface area (Å²) in [6.07, 6.45) is 21.4. The maximum atomic E-state index is 14.4. The number of nitrogens with one attached hydrogen (secondary N) is 3. The van der Waals surface area contributed by atoms with Gasteiger partial charge >= 0.3 is 0 Å². The van der Waals surface area contributed by atoms with Crippen molar-refractivity contribution in [3.63, 3.8) is 0 Å². The lowest BCUT2D eigenvalue weighted by molar-refractivity contribution is 0.318. The molecule has 0 spiro atoms. The molecule has 0 unspecified atom stereocenters. The average molecular weight is 1890 g/mol. The van der Waals surface area contributed by atoms with E-state index >= 15 is 0 Å². The van der Waals surface area contributed by atoms with E-state index in [0.29, 0.717) is 126 Å². The number of hydrogen-bond donors (Lipinski definition) is 3. The second kappa shape index (κ2) is 39.2. The molecule has 3 fully saturated rings. The number of piperazine rings is 1. The highest BCUT2D eigenvalue weighted by atomic mass is 19.1. The quantitative estimate of drug-likeness (QED) is 0.102. The largest absolute Gasteiger partial charge is 0.494 e. The van der Waals surface area contributed by atoms with Crippen LogP contribution in [0.3, 0.4) is 0 Å². The predicted octanol–water partition coefficient (Wildman–Crippen LogP) is 15.7. The summed E-state index contributed by atoms with van der Waals surface area (Å²) in [5, 5.41) is 10.2. The van der Waals surface area contributed by atoms with Gasteiger partial charge in [0.05, 0.1) is 47.0 Å². The van der Waals surface area contributed by atoms with Gasteiger partial charge in [0.15, 0.2) is 63.3 Å². The fraction of sp³-hybridized carbons (Fsp3) is 0.259. The number of halogens is 2. The Labute approximate surface area is 805 Å². The fourth-order valence-electron chi connectivity index (χ4n) is 19.2. The van der Waals surface area contributed by atoms with Gasteiger partial charge < -0.3 is 53.1 Å². The molecule has 0 bridgehead atoms. The molecular formula is C108H101F2N21O10. The van der Waals surface area contributed by atoms with Gasteiger partial charge in [0.2, 0.25) is 0 Å². The van der Waals surface area contributed by atoms with Gasteiger partial charge in [-0.15, -0.1) is 0 Å². The Morgan fingerprint density at radius 3 is 1.26 bits per heavy atom. The summed E-state index contributed by atoms with van der Waals surface area (Å²) < 4.78 is 63.6. The Morgan fingerprint density at radius 2 is 0.809 bits per heavy atom. The minimum absolute atomic E-state index is 0.0905. The molecule has 2 atom stereocenters. The first kappa shape index (κ1) is 91.5. The van der Waals surface area contributed by atoms with Crippen LogP contribution in [0.2, 0.25) is 0 Å². The van der Waals surface area contributed by atoms with Gasteiger partial charge in [-0.1, -0.05) is 43.4 Å². The average Bonchev–Trinajstić information content (AvgIpc) is 1.78. The van der Waals surface area contributed by atoms with Crippen LogP contribution in [0.5, 0.6) is 5.75 Å². The van der Waals surface area contributed by atoms with Crippen LogP contribution in [0.25, 0.3) is 146 Å². The number of methoxy groups -OCH3 is 1. The summed E-state index contributed by atoms with van der Waals surface area (Å²) in [6, 6.07) is 52.3. The van der Waals surface area contributed by atoms with Gasteiger partial charge in [-0.2, -0.15) is 0 Å². The molecule has 5 aromatic carbocycles. The second-order valence-corrected chi connectivity index (χ2v) is 36.1. The minimum Gasteiger partial charge on any atom is -0.494 e. The lowest BCUT2D eigenvalue weighted by atomic mass is 9.94.